The fourth-order valence-corrected chi connectivity index (χ4v) is 2.59. The van der Waals surface area contributed by atoms with Crippen LogP contribution in [0.15, 0.2) is 0 Å². The van der Waals surface area contributed by atoms with Gasteiger partial charge in [-0.3, -0.25) is 0 Å². The molecule has 2 heteroatoms. The van der Waals surface area contributed by atoms with E-state index < -0.39 is 0 Å². The molecule has 0 saturated heterocycles. The van der Waals surface area contributed by atoms with E-state index in [9.17, 15) is 0 Å². The number of rotatable bonds is 10. The minimum atomic E-state index is 0.423. The van der Waals surface area contributed by atoms with Gasteiger partial charge in [-0.05, 0) is 50.6 Å². The van der Waals surface area contributed by atoms with E-state index in [-0.39, 0.29) is 0 Å². The first-order valence-electron chi connectivity index (χ1n) is 8.19. The van der Waals surface area contributed by atoms with Crippen LogP contribution in [0.3, 0.4) is 0 Å². The Balaban J connectivity index is 4.52. The summed E-state index contributed by atoms with van der Waals surface area (Å²) in [6.45, 7) is 19.7. The van der Waals surface area contributed by atoms with E-state index in [2.05, 4.69) is 65.7 Å². The van der Waals surface area contributed by atoms with Gasteiger partial charge in [-0.1, -0.05) is 41.5 Å². The summed E-state index contributed by atoms with van der Waals surface area (Å²) in [6.07, 6.45) is 2.51. The van der Waals surface area contributed by atoms with Crippen molar-refractivity contribution >= 4 is 0 Å². The van der Waals surface area contributed by atoms with Crippen molar-refractivity contribution in [2.24, 2.45) is 17.3 Å². The van der Waals surface area contributed by atoms with Gasteiger partial charge >= 0.3 is 0 Å². The smallest absolute Gasteiger partial charge is 0.00871 e. The quantitative estimate of drug-likeness (QED) is 0.645. The highest BCUT2D eigenvalue weighted by Crippen LogP contribution is 2.28. The molecule has 116 valence electrons. The molecule has 0 aromatic rings. The fourth-order valence-electron chi connectivity index (χ4n) is 2.59. The molecule has 1 atom stereocenters. The Morgan fingerprint density at radius 1 is 1.00 bits per heavy atom. The van der Waals surface area contributed by atoms with Crippen molar-refractivity contribution in [2.45, 2.75) is 67.3 Å². The molecule has 0 heterocycles. The Morgan fingerprint density at radius 3 is 1.89 bits per heavy atom. The highest BCUT2D eigenvalue weighted by Gasteiger charge is 2.29. The Labute approximate surface area is 122 Å². The molecular weight excluding hydrogens is 232 g/mol. The second kappa shape index (κ2) is 8.97. The third kappa shape index (κ3) is 6.76. The van der Waals surface area contributed by atoms with Crippen molar-refractivity contribution in [3.05, 3.63) is 0 Å². The van der Waals surface area contributed by atoms with Crippen molar-refractivity contribution in [1.29, 1.82) is 0 Å². The molecule has 0 spiro atoms. The summed E-state index contributed by atoms with van der Waals surface area (Å²) in [6, 6.07) is 0.655. The summed E-state index contributed by atoms with van der Waals surface area (Å²) in [7, 11) is 2.28. The highest BCUT2D eigenvalue weighted by atomic mass is 15.1. The Hall–Kier alpha value is -0.0800. The maximum Gasteiger partial charge on any atom is 0.00871 e. The van der Waals surface area contributed by atoms with Crippen LogP contribution in [0, 0.1) is 17.3 Å². The average molecular weight is 271 g/mol. The first-order valence-corrected chi connectivity index (χ1v) is 8.19. The summed E-state index contributed by atoms with van der Waals surface area (Å²) in [4.78, 5) is 2.55. The standard InChI is InChI=1S/C17H38N2/c1-9-17(10-2,12-18-11-14(3)4)13-19(8)16(7)15(5)6/h14-16,18H,9-13H2,1-8H3. The van der Waals surface area contributed by atoms with Crippen LogP contribution >= 0.6 is 0 Å². The van der Waals surface area contributed by atoms with E-state index in [1.165, 1.54) is 19.4 Å². The Bertz CT molecular complexity index is 219. The van der Waals surface area contributed by atoms with Crippen LogP contribution in [0.2, 0.25) is 0 Å². The zero-order chi connectivity index (χ0) is 15.1. The zero-order valence-electron chi connectivity index (χ0n) is 14.7. The molecule has 19 heavy (non-hydrogen) atoms. The van der Waals surface area contributed by atoms with Crippen LogP contribution in [0.5, 0.6) is 0 Å². The lowest BCUT2D eigenvalue weighted by molar-refractivity contribution is 0.108. The van der Waals surface area contributed by atoms with Crippen LogP contribution in [0.25, 0.3) is 0 Å². The molecule has 0 aromatic carbocycles. The maximum atomic E-state index is 3.67. The zero-order valence-corrected chi connectivity index (χ0v) is 14.7. The normalized spacial score (nSPS) is 14.7. The second-order valence-corrected chi connectivity index (χ2v) is 7.13. The SMILES string of the molecule is CCC(CC)(CNCC(C)C)CN(C)C(C)C(C)C. The van der Waals surface area contributed by atoms with Gasteiger partial charge < -0.3 is 10.2 Å². The van der Waals surface area contributed by atoms with E-state index in [0.717, 1.165) is 24.9 Å². The number of nitrogens with zero attached hydrogens (tertiary/aromatic N) is 1. The van der Waals surface area contributed by atoms with E-state index in [1.54, 1.807) is 0 Å². The topological polar surface area (TPSA) is 15.3 Å². The van der Waals surface area contributed by atoms with Crippen molar-refractivity contribution in [1.82, 2.24) is 10.2 Å². The molecule has 2 nitrogen and oxygen atoms in total. The van der Waals surface area contributed by atoms with Crippen LogP contribution in [-0.2, 0) is 0 Å². The van der Waals surface area contributed by atoms with Crippen molar-refractivity contribution in [2.75, 3.05) is 26.7 Å². The van der Waals surface area contributed by atoms with E-state index in [4.69, 9.17) is 0 Å². The molecular formula is C17H38N2. The lowest BCUT2D eigenvalue weighted by Crippen LogP contribution is -2.46. The predicted molar refractivity (Wildman–Crippen MR) is 87.7 cm³/mol. The van der Waals surface area contributed by atoms with Gasteiger partial charge in [0.2, 0.25) is 0 Å². The van der Waals surface area contributed by atoms with Gasteiger partial charge in [0.05, 0.1) is 0 Å². The molecule has 0 rings (SSSR count). The lowest BCUT2D eigenvalue weighted by Gasteiger charge is -2.39. The molecule has 0 bridgehead atoms. The lowest BCUT2D eigenvalue weighted by atomic mass is 9.81. The molecule has 0 saturated carbocycles. The molecule has 1 N–H and O–H groups in total. The summed E-state index contributed by atoms with van der Waals surface area (Å²) in [5.74, 6) is 1.46. The molecule has 0 aliphatic carbocycles. The Kier molecular flexibility index (Phi) is 8.93. The average Bonchev–Trinajstić information content (AvgIpc) is 2.35. The molecule has 0 amide bonds. The fraction of sp³-hybridized carbons (Fsp3) is 1.00. The number of hydrogen-bond acceptors (Lipinski definition) is 2. The van der Waals surface area contributed by atoms with E-state index in [0.29, 0.717) is 11.5 Å². The highest BCUT2D eigenvalue weighted by molar-refractivity contribution is 4.84. The largest absolute Gasteiger partial charge is 0.316 e. The number of nitrogens with one attached hydrogen (secondary N) is 1. The van der Waals surface area contributed by atoms with Crippen molar-refractivity contribution in [3.8, 4) is 0 Å². The summed E-state index contributed by atoms with van der Waals surface area (Å²) >= 11 is 0. The Morgan fingerprint density at radius 2 is 1.53 bits per heavy atom. The van der Waals surface area contributed by atoms with Crippen LogP contribution < -0.4 is 5.32 Å². The minimum Gasteiger partial charge on any atom is -0.316 e. The summed E-state index contributed by atoms with van der Waals surface area (Å²) < 4.78 is 0. The first kappa shape index (κ1) is 18.9. The minimum absolute atomic E-state index is 0.423. The van der Waals surface area contributed by atoms with E-state index >= 15 is 0 Å². The van der Waals surface area contributed by atoms with Gasteiger partial charge in [0.15, 0.2) is 0 Å². The van der Waals surface area contributed by atoms with Crippen molar-refractivity contribution < 1.29 is 0 Å². The summed E-state index contributed by atoms with van der Waals surface area (Å²) in [5.41, 5.74) is 0.423. The van der Waals surface area contributed by atoms with Gasteiger partial charge in [-0.15, -0.1) is 0 Å². The van der Waals surface area contributed by atoms with E-state index in [1.807, 2.05) is 0 Å². The van der Waals surface area contributed by atoms with Gasteiger partial charge in [-0.25, -0.2) is 0 Å². The molecule has 0 aliphatic rings. The van der Waals surface area contributed by atoms with Gasteiger partial charge in [0.1, 0.15) is 0 Å². The van der Waals surface area contributed by atoms with Gasteiger partial charge in [0.25, 0.3) is 0 Å². The predicted octanol–water partition coefficient (Wildman–Crippen LogP) is 4.01. The maximum absolute atomic E-state index is 3.67. The molecule has 0 aromatic heterocycles. The molecule has 0 fully saturated rings. The third-order valence-electron chi connectivity index (χ3n) is 4.80. The van der Waals surface area contributed by atoms with Crippen molar-refractivity contribution in [3.63, 3.8) is 0 Å². The first-order chi connectivity index (χ1) is 8.78. The molecule has 1 unspecified atom stereocenters. The van der Waals surface area contributed by atoms with Gasteiger partial charge in [-0.2, -0.15) is 0 Å². The summed E-state index contributed by atoms with van der Waals surface area (Å²) in [5, 5.41) is 3.67. The molecule has 0 aliphatic heterocycles. The second-order valence-electron chi connectivity index (χ2n) is 7.13. The van der Waals surface area contributed by atoms with Crippen LogP contribution in [-0.4, -0.2) is 37.6 Å². The van der Waals surface area contributed by atoms with Crippen LogP contribution in [0.1, 0.15) is 61.3 Å². The van der Waals surface area contributed by atoms with Gasteiger partial charge in [0, 0.05) is 19.1 Å². The van der Waals surface area contributed by atoms with Crippen LogP contribution in [0.4, 0.5) is 0 Å². The monoisotopic (exact) mass is 270 g/mol. The molecule has 0 radical (unpaired) electrons. The third-order valence-corrected chi connectivity index (χ3v) is 4.80. The number of hydrogen-bond donors (Lipinski definition) is 1.